The highest BCUT2D eigenvalue weighted by Crippen LogP contribution is 2.21. The molecule has 158 valence electrons. The Bertz CT molecular complexity index is 1130. The van der Waals surface area contributed by atoms with E-state index in [0.717, 1.165) is 5.56 Å². The molecule has 0 aromatic heterocycles. The van der Waals surface area contributed by atoms with E-state index in [-0.39, 0.29) is 16.9 Å². The number of ether oxygens (including phenoxy) is 2. The molecule has 3 rings (SSSR count). The lowest BCUT2D eigenvalue weighted by Crippen LogP contribution is -2.22. The van der Waals surface area contributed by atoms with Crippen molar-refractivity contribution < 1.29 is 23.9 Å². The van der Waals surface area contributed by atoms with Gasteiger partial charge in [0.15, 0.2) is 12.4 Å². The van der Waals surface area contributed by atoms with E-state index >= 15 is 0 Å². The third-order valence-electron chi connectivity index (χ3n) is 4.55. The van der Waals surface area contributed by atoms with Crippen LogP contribution in [0.25, 0.3) is 0 Å². The van der Waals surface area contributed by atoms with Crippen molar-refractivity contribution in [1.29, 1.82) is 0 Å². The predicted molar refractivity (Wildman–Crippen MR) is 118 cm³/mol. The van der Waals surface area contributed by atoms with E-state index in [1.807, 2.05) is 6.92 Å². The van der Waals surface area contributed by atoms with Crippen LogP contribution < -0.4 is 10.1 Å². The van der Waals surface area contributed by atoms with Gasteiger partial charge in [0.25, 0.3) is 5.91 Å². The van der Waals surface area contributed by atoms with Crippen LogP contribution in [-0.2, 0) is 9.53 Å². The lowest BCUT2D eigenvalue weighted by molar-refractivity contribution is -0.119. The fourth-order valence-electron chi connectivity index (χ4n) is 2.88. The summed E-state index contributed by atoms with van der Waals surface area (Å²) in [6.07, 6.45) is 0. The first-order chi connectivity index (χ1) is 14.9. The number of hydrogen-bond acceptors (Lipinski definition) is 5. The second-order valence-electron chi connectivity index (χ2n) is 6.69. The van der Waals surface area contributed by atoms with Gasteiger partial charge in [-0.25, -0.2) is 4.79 Å². The highest BCUT2D eigenvalue weighted by Gasteiger charge is 2.20. The number of amides is 1. The van der Waals surface area contributed by atoms with E-state index in [2.05, 4.69) is 5.32 Å². The quantitative estimate of drug-likeness (QED) is 0.428. The van der Waals surface area contributed by atoms with E-state index < -0.39 is 18.5 Å². The van der Waals surface area contributed by atoms with Gasteiger partial charge in [0, 0.05) is 21.8 Å². The molecular weight excluding hydrogens is 418 g/mol. The molecule has 0 saturated carbocycles. The Balaban J connectivity index is 1.70. The molecule has 6 nitrogen and oxygen atoms in total. The largest absolute Gasteiger partial charge is 0.497 e. The molecule has 0 unspecified atom stereocenters. The van der Waals surface area contributed by atoms with Gasteiger partial charge < -0.3 is 14.8 Å². The molecule has 0 bridgehead atoms. The number of nitrogens with one attached hydrogen (secondary N) is 1. The van der Waals surface area contributed by atoms with Crippen LogP contribution in [0, 0.1) is 6.92 Å². The Morgan fingerprint density at radius 1 is 0.935 bits per heavy atom. The van der Waals surface area contributed by atoms with Crippen LogP contribution in [0.4, 0.5) is 5.69 Å². The molecule has 3 aromatic rings. The summed E-state index contributed by atoms with van der Waals surface area (Å²) in [5.74, 6) is -1.01. The third-order valence-corrected chi connectivity index (χ3v) is 4.79. The molecule has 0 radical (unpaired) electrons. The summed E-state index contributed by atoms with van der Waals surface area (Å²) >= 11 is 5.95. The van der Waals surface area contributed by atoms with Gasteiger partial charge >= 0.3 is 5.97 Å². The summed E-state index contributed by atoms with van der Waals surface area (Å²) in [6, 6.07) is 17.9. The van der Waals surface area contributed by atoms with Crippen molar-refractivity contribution in [3.63, 3.8) is 0 Å². The minimum Gasteiger partial charge on any atom is -0.497 e. The van der Waals surface area contributed by atoms with Crippen molar-refractivity contribution in [3.05, 3.63) is 94.0 Å². The van der Waals surface area contributed by atoms with Crippen molar-refractivity contribution in [2.24, 2.45) is 0 Å². The van der Waals surface area contributed by atoms with E-state index in [4.69, 9.17) is 21.1 Å². The number of aryl methyl sites for hydroxylation is 1. The fraction of sp³-hybridized carbons (Fsp3) is 0.125. The van der Waals surface area contributed by atoms with Crippen LogP contribution in [0.2, 0.25) is 5.02 Å². The molecule has 0 saturated heterocycles. The Labute approximate surface area is 184 Å². The maximum atomic E-state index is 12.9. The smallest absolute Gasteiger partial charge is 0.339 e. The fourth-order valence-corrected chi connectivity index (χ4v) is 3.05. The van der Waals surface area contributed by atoms with Crippen LogP contribution in [0.3, 0.4) is 0 Å². The number of carbonyl (C=O) groups excluding carboxylic acids is 3. The Morgan fingerprint density at radius 2 is 1.61 bits per heavy atom. The van der Waals surface area contributed by atoms with Crippen molar-refractivity contribution in [2.45, 2.75) is 6.92 Å². The number of ketones is 1. The highest BCUT2D eigenvalue weighted by atomic mass is 35.5. The molecule has 7 heteroatoms. The Hall–Kier alpha value is -3.64. The zero-order chi connectivity index (χ0) is 22.4. The summed E-state index contributed by atoms with van der Waals surface area (Å²) in [5.41, 5.74) is 2.01. The zero-order valence-corrected chi connectivity index (χ0v) is 17.7. The monoisotopic (exact) mass is 437 g/mol. The summed E-state index contributed by atoms with van der Waals surface area (Å²) in [5, 5.41) is 3.13. The van der Waals surface area contributed by atoms with Gasteiger partial charge in [-0.1, -0.05) is 35.9 Å². The van der Waals surface area contributed by atoms with Crippen LogP contribution in [0.15, 0.2) is 66.7 Å². The number of benzene rings is 3. The molecule has 0 aliphatic heterocycles. The van der Waals surface area contributed by atoms with Crippen LogP contribution in [-0.4, -0.2) is 31.4 Å². The highest BCUT2D eigenvalue weighted by molar-refractivity contribution is 6.31. The number of methoxy groups -OCH3 is 1. The number of hydrogen-bond donors (Lipinski definition) is 1. The van der Waals surface area contributed by atoms with Gasteiger partial charge in [-0.15, -0.1) is 0 Å². The zero-order valence-electron chi connectivity index (χ0n) is 17.0. The standard InChI is InChI=1S/C24H20ClNO5/c1-15-7-10-17(25)13-21(15)26-22(27)14-31-24(29)20-6-4-3-5-19(20)23(28)16-8-11-18(30-2)12-9-16/h3-13H,14H2,1-2H3,(H,26,27). The molecule has 0 fully saturated rings. The number of esters is 1. The molecular formula is C24H20ClNO5. The lowest BCUT2D eigenvalue weighted by atomic mass is 9.98. The van der Waals surface area contributed by atoms with Gasteiger partial charge in [0.1, 0.15) is 5.75 Å². The molecule has 0 spiro atoms. The normalized spacial score (nSPS) is 10.3. The lowest BCUT2D eigenvalue weighted by Gasteiger charge is -2.11. The first-order valence-electron chi connectivity index (χ1n) is 9.40. The second-order valence-corrected chi connectivity index (χ2v) is 7.12. The molecule has 0 aliphatic rings. The maximum Gasteiger partial charge on any atom is 0.339 e. The number of anilines is 1. The summed E-state index contributed by atoms with van der Waals surface area (Å²) in [7, 11) is 1.53. The molecule has 0 aliphatic carbocycles. The first kappa shape index (κ1) is 22.1. The molecule has 31 heavy (non-hydrogen) atoms. The third kappa shape index (κ3) is 5.49. The van der Waals surface area contributed by atoms with E-state index in [1.54, 1.807) is 60.7 Å². The van der Waals surface area contributed by atoms with Gasteiger partial charge in [0.2, 0.25) is 0 Å². The van der Waals surface area contributed by atoms with Crippen LogP contribution >= 0.6 is 11.6 Å². The molecule has 3 aromatic carbocycles. The minimum atomic E-state index is -0.768. The van der Waals surface area contributed by atoms with Crippen molar-refractivity contribution in [2.75, 3.05) is 19.0 Å². The number of rotatable bonds is 7. The van der Waals surface area contributed by atoms with Crippen molar-refractivity contribution >= 4 is 34.9 Å². The summed E-state index contributed by atoms with van der Waals surface area (Å²) < 4.78 is 10.2. The number of halogens is 1. The van der Waals surface area contributed by atoms with Gasteiger partial charge in [-0.05, 0) is 55.0 Å². The van der Waals surface area contributed by atoms with E-state index in [1.165, 1.54) is 13.2 Å². The summed E-state index contributed by atoms with van der Waals surface area (Å²) in [4.78, 5) is 37.7. The van der Waals surface area contributed by atoms with E-state index in [0.29, 0.717) is 22.0 Å². The molecule has 1 N–H and O–H groups in total. The van der Waals surface area contributed by atoms with Crippen molar-refractivity contribution in [1.82, 2.24) is 0 Å². The van der Waals surface area contributed by atoms with Crippen molar-refractivity contribution in [3.8, 4) is 5.75 Å². The minimum absolute atomic E-state index is 0.0788. The molecule has 1 amide bonds. The first-order valence-corrected chi connectivity index (χ1v) is 9.77. The Morgan fingerprint density at radius 3 is 2.29 bits per heavy atom. The SMILES string of the molecule is COc1ccc(C(=O)c2ccccc2C(=O)OCC(=O)Nc2cc(Cl)ccc2C)cc1. The number of carbonyl (C=O) groups is 3. The molecule has 0 atom stereocenters. The van der Waals surface area contributed by atoms with Crippen LogP contribution in [0.5, 0.6) is 5.75 Å². The molecule has 0 heterocycles. The average molecular weight is 438 g/mol. The van der Waals surface area contributed by atoms with Gasteiger partial charge in [-0.2, -0.15) is 0 Å². The predicted octanol–water partition coefficient (Wildman–Crippen LogP) is 4.68. The van der Waals surface area contributed by atoms with E-state index in [9.17, 15) is 14.4 Å². The average Bonchev–Trinajstić information content (AvgIpc) is 2.79. The Kier molecular flexibility index (Phi) is 7.05. The topological polar surface area (TPSA) is 81.7 Å². The van der Waals surface area contributed by atoms with Gasteiger partial charge in [-0.3, -0.25) is 9.59 Å². The second kappa shape index (κ2) is 9.91. The van der Waals surface area contributed by atoms with Crippen LogP contribution in [0.1, 0.15) is 31.8 Å². The maximum absolute atomic E-state index is 12.9. The summed E-state index contributed by atoms with van der Waals surface area (Å²) in [6.45, 7) is 1.31. The van der Waals surface area contributed by atoms with Gasteiger partial charge in [0.05, 0.1) is 12.7 Å².